The zero-order valence-electron chi connectivity index (χ0n) is 19.1. The highest BCUT2D eigenvalue weighted by molar-refractivity contribution is 9.09. The fourth-order valence-corrected chi connectivity index (χ4v) is 10.5. The van der Waals surface area contributed by atoms with Crippen molar-refractivity contribution in [2.45, 2.75) is 56.4 Å². The maximum Gasteiger partial charge on any atom is 0.134 e. The summed E-state index contributed by atoms with van der Waals surface area (Å²) in [7, 11) is 0.885. The van der Waals surface area contributed by atoms with Crippen LogP contribution in [0.5, 0.6) is 5.75 Å². The van der Waals surface area contributed by atoms with Crippen LogP contribution in [0.15, 0.2) is 52.9 Å². The fraction of sp³-hybridized carbons (Fsp3) is 0.440. The number of hydrogen-bond donors (Lipinski definition) is 0. The van der Waals surface area contributed by atoms with Gasteiger partial charge in [-0.05, 0) is 36.6 Å². The van der Waals surface area contributed by atoms with Gasteiger partial charge in [0, 0.05) is 27.6 Å². The summed E-state index contributed by atoms with van der Waals surface area (Å²) in [5.74, 6) is 2.00. The Morgan fingerprint density at radius 1 is 1.03 bits per heavy atom. The van der Waals surface area contributed by atoms with Crippen molar-refractivity contribution >= 4 is 44.5 Å². The molecule has 1 aliphatic rings. The van der Waals surface area contributed by atoms with E-state index >= 15 is 0 Å². The van der Waals surface area contributed by atoms with Crippen molar-refractivity contribution in [1.29, 1.82) is 0 Å². The average Bonchev–Trinajstić information content (AvgIpc) is 3.35. The molecule has 2 radical (unpaired) electrons. The minimum absolute atomic E-state index is 0.0982. The monoisotopic (exact) mass is 513 g/mol. The number of para-hydroxylation sites is 1. The van der Waals surface area contributed by atoms with Gasteiger partial charge in [-0.3, -0.25) is 4.90 Å². The molecule has 0 spiro atoms. The Bertz CT molecular complexity index is 988. The lowest BCUT2D eigenvalue weighted by molar-refractivity contribution is 0.353. The summed E-state index contributed by atoms with van der Waals surface area (Å²) in [6, 6.07) is 17.4. The second kappa shape index (κ2) is 9.65. The lowest BCUT2D eigenvalue weighted by atomic mass is 9.98. The first-order chi connectivity index (χ1) is 15.0. The van der Waals surface area contributed by atoms with Gasteiger partial charge in [0.15, 0.2) is 0 Å². The molecule has 31 heavy (non-hydrogen) atoms. The van der Waals surface area contributed by atoms with Gasteiger partial charge >= 0.3 is 0 Å². The lowest BCUT2D eigenvalue weighted by Gasteiger charge is -2.23. The number of benzene rings is 2. The third-order valence-corrected chi connectivity index (χ3v) is 10.7. The largest absolute Gasteiger partial charge is 0.496 e. The molecular formula is C25H32BrNO2Si2. The van der Waals surface area contributed by atoms with Crippen molar-refractivity contribution in [3.63, 3.8) is 0 Å². The Hall–Kier alpha value is -1.35. The molecule has 1 aliphatic heterocycles. The van der Waals surface area contributed by atoms with Gasteiger partial charge in [-0.2, -0.15) is 0 Å². The van der Waals surface area contributed by atoms with Crippen molar-refractivity contribution in [2.24, 2.45) is 0 Å². The average molecular weight is 515 g/mol. The summed E-state index contributed by atoms with van der Waals surface area (Å²) in [6.45, 7) is 9.80. The SMILES string of the molecule is COc1ccc(CCCBr)cc1C(c1cc2ccccc2o1)N1C([Si](C)C)C1[Si](C)C. The smallest absolute Gasteiger partial charge is 0.134 e. The van der Waals surface area contributed by atoms with Gasteiger partial charge in [-0.15, -0.1) is 0 Å². The number of methoxy groups -OCH3 is 1. The van der Waals surface area contributed by atoms with Crippen LogP contribution in [0.25, 0.3) is 11.0 Å². The van der Waals surface area contributed by atoms with Crippen LogP contribution < -0.4 is 4.74 Å². The molecule has 3 atom stereocenters. The summed E-state index contributed by atoms with van der Waals surface area (Å²) in [4.78, 5) is 2.74. The van der Waals surface area contributed by atoms with E-state index in [0.29, 0.717) is 11.3 Å². The van der Waals surface area contributed by atoms with Crippen LogP contribution in [0, 0.1) is 0 Å². The van der Waals surface area contributed by atoms with Crippen LogP contribution in [0.4, 0.5) is 0 Å². The van der Waals surface area contributed by atoms with E-state index in [0.717, 1.165) is 35.3 Å². The van der Waals surface area contributed by atoms with E-state index in [-0.39, 0.29) is 6.04 Å². The van der Waals surface area contributed by atoms with Crippen LogP contribution in [0.1, 0.15) is 29.3 Å². The van der Waals surface area contributed by atoms with E-state index in [9.17, 15) is 0 Å². The number of hydrogen-bond acceptors (Lipinski definition) is 3. The third kappa shape index (κ3) is 4.58. The highest BCUT2D eigenvalue weighted by atomic mass is 79.9. The molecule has 3 aromatic rings. The van der Waals surface area contributed by atoms with Gasteiger partial charge in [0.1, 0.15) is 17.1 Å². The number of ether oxygens (including phenoxy) is 1. The van der Waals surface area contributed by atoms with Gasteiger partial charge in [-0.25, -0.2) is 0 Å². The van der Waals surface area contributed by atoms with Crippen molar-refractivity contribution < 1.29 is 9.15 Å². The number of fused-ring (bicyclic) bond motifs is 1. The number of aryl methyl sites for hydroxylation is 1. The predicted molar refractivity (Wildman–Crippen MR) is 138 cm³/mol. The van der Waals surface area contributed by atoms with Crippen molar-refractivity contribution in [2.75, 3.05) is 12.4 Å². The number of furan rings is 1. The first-order valence-corrected chi connectivity index (χ1v) is 17.3. The normalized spacial score (nSPS) is 21.7. The molecule has 4 rings (SSSR count). The van der Waals surface area contributed by atoms with Crippen LogP contribution in [0.3, 0.4) is 0 Å². The Balaban J connectivity index is 1.85. The maximum atomic E-state index is 6.48. The maximum absolute atomic E-state index is 6.48. The van der Waals surface area contributed by atoms with E-state index in [1.807, 2.05) is 6.07 Å². The third-order valence-electron chi connectivity index (χ3n) is 6.23. The van der Waals surface area contributed by atoms with E-state index in [2.05, 4.69) is 89.5 Å². The van der Waals surface area contributed by atoms with Crippen LogP contribution in [-0.4, -0.2) is 46.3 Å². The van der Waals surface area contributed by atoms with E-state index in [1.165, 1.54) is 16.5 Å². The second-order valence-corrected chi connectivity index (χ2v) is 15.2. The second-order valence-electron chi connectivity index (χ2n) is 8.95. The Morgan fingerprint density at radius 3 is 2.35 bits per heavy atom. The Morgan fingerprint density at radius 2 is 1.74 bits per heavy atom. The topological polar surface area (TPSA) is 25.4 Å². The van der Waals surface area contributed by atoms with Crippen molar-refractivity contribution in [1.82, 2.24) is 4.90 Å². The standard InChI is InChI=1S/C25H32BrNO2Si2/c1-28-21-13-12-17(9-8-14-26)15-19(21)23(27-24(30(2)3)25(27)31(4)5)22-16-18-10-6-7-11-20(18)29-22/h6-7,10-13,15-16,23-25H,8-9,14H2,1-5H3. The quantitative estimate of drug-likeness (QED) is 0.185. The summed E-state index contributed by atoms with van der Waals surface area (Å²) in [6.07, 6.45) is 2.19. The van der Waals surface area contributed by atoms with Crippen LogP contribution in [0.2, 0.25) is 26.2 Å². The molecule has 1 aromatic heterocycles. The zero-order valence-corrected chi connectivity index (χ0v) is 22.7. The summed E-state index contributed by atoms with van der Waals surface area (Å²) < 4.78 is 12.4. The molecule has 2 aromatic carbocycles. The van der Waals surface area contributed by atoms with Gasteiger partial charge in [-0.1, -0.05) is 72.4 Å². The summed E-state index contributed by atoms with van der Waals surface area (Å²) in [5.41, 5.74) is 4.94. The number of nitrogens with zero attached hydrogens (tertiary/aromatic N) is 1. The molecule has 2 heterocycles. The molecule has 0 N–H and O–H groups in total. The molecule has 0 amide bonds. The number of alkyl halides is 1. The van der Waals surface area contributed by atoms with Crippen molar-refractivity contribution in [3.05, 3.63) is 65.4 Å². The molecule has 3 unspecified atom stereocenters. The van der Waals surface area contributed by atoms with Gasteiger partial charge < -0.3 is 9.15 Å². The molecule has 6 heteroatoms. The first-order valence-electron chi connectivity index (χ1n) is 11.0. The van der Waals surface area contributed by atoms with Gasteiger partial charge in [0.25, 0.3) is 0 Å². The molecule has 0 aliphatic carbocycles. The highest BCUT2D eigenvalue weighted by Gasteiger charge is 2.56. The molecule has 164 valence electrons. The summed E-state index contributed by atoms with van der Waals surface area (Å²) >= 11 is 3.58. The van der Waals surface area contributed by atoms with E-state index in [1.54, 1.807) is 7.11 Å². The van der Waals surface area contributed by atoms with Gasteiger partial charge in [0.2, 0.25) is 0 Å². The zero-order chi connectivity index (χ0) is 22.1. The molecule has 1 fully saturated rings. The van der Waals surface area contributed by atoms with Crippen LogP contribution in [-0.2, 0) is 6.42 Å². The Kier molecular flexibility index (Phi) is 7.11. The summed E-state index contributed by atoms with van der Waals surface area (Å²) in [5, 5.41) is 2.19. The van der Waals surface area contributed by atoms with Gasteiger partial charge in [0.05, 0.1) is 30.7 Å². The minimum Gasteiger partial charge on any atom is -0.496 e. The van der Waals surface area contributed by atoms with Crippen LogP contribution >= 0.6 is 15.9 Å². The molecule has 0 saturated carbocycles. The number of halogens is 1. The van der Waals surface area contributed by atoms with Crippen molar-refractivity contribution in [3.8, 4) is 5.75 Å². The molecular weight excluding hydrogens is 482 g/mol. The Labute approximate surface area is 198 Å². The highest BCUT2D eigenvalue weighted by Crippen LogP contribution is 2.48. The first kappa shape index (κ1) is 22.8. The predicted octanol–water partition coefficient (Wildman–Crippen LogP) is 6.50. The molecule has 1 saturated heterocycles. The minimum atomic E-state index is -0.450. The lowest BCUT2D eigenvalue weighted by Crippen LogP contribution is -2.21. The van der Waals surface area contributed by atoms with E-state index < -0.39 is 17.6 Å². The van der Waals surface area contributed by atoms with E-state index in [4.69, 9.17) is 9.15 Å². The fourth-order valence-electron chi connectivity index (χ4n) is 4.82. The molecule has 3 nitrogen and oxygen atoms in total. The molecule has 0 bridgehead atoms. The number of rotatable bonds is 9.